The van der Waals surface area contributed by atoms with Gasteiger partial charge in [0, 0.05) is 32.0 Å². The molecule has 0 atom stereocenters. The summed E-state index contributed by atoms with van der Waals surface area (Å²) in [7, 11) is 0. The number of hydrogen-bond acceptors (Lipinski definition) is 4. The fraction of sp³-hybridized carbons (Fsp3) is 0.316. The molecule has 1 aliphatic heterocycles. The maximum absolute atomic E-state index is 12.3. The van der Waals surface area contributed by atoms with Crippen molar-refractivity contribution in [2.24, 2.45) is 5.92 Å². The number of amides is 2. The largest absolute Gasteiger partial charge is 0.381 e. The summed E-state index contributed by atoms with van der Waals surface area (Å²) in [5, 5.41) is 5.73. The summed E-state index contributed by atoms with van der Waals surface area (Å²) in [5.74, 6) is 0.0418. The molecule has 2 aromatic rings. The Bertz CT molecular complexity index is 728. The Morgan fingerprint density at radius 3 is 2.44 bits per heavy atom. The van der Waals surface area contributed by atoms with Crippen LogP contribution >= 0.6 is 0 Å². The fourth-order valence-corrected chi connectivity index (χ4v) is 2.81. The summed E-state index contributed by atoms with van der Waals surface area (Å²) < 4.78 is 5.32. The minimum absolute atomic E-state index is 0.0463. The van der Waals surface area contributed by atoms with Crippen LogP contribution in [0.3, 0.4) is 0 Å². The maximum atomic E-state index is 12.3. The third-order valence-electron chi connectivity index (χ3n) is 4.19. The predicted octanol–water partition coefficient (Wildman–Crippen LogP) is 3.09. The lowest BCUT2D eigenvalue weighted by Gasteiger charge is -2.21. The second-order valence-corrected chi connectivity index (χ2v) is 6.05. The average Bonchev–Trinajstić information content (AvgIpc) is 2.65. The molecule has 0 aliphatic carbocycles. The van der Waals surface area contributed by atoms with Gasteiger partial charge in [-0.2, -0.15) is 0 Å². The van der Waals surface area contributed by atoms with E-state index in [0.717, 1.165) is 26.1 Å². The molecule has 1 saturated heterocycles. The van der Waals surface area contributed by atoms with E-state index >= 15 is 0 Å². The standard InChI is InChI=1S/C19H21N3O3/c23-18(12-14-7-10-25-11-8-14)21-16-5-1-2-6-17(16)22-19(24)15-4-3-9-20-13-15/h1-6,9,13-14H,7-8,10-12H2,(H,21,23)(H,22,24). The number of anilines is 2. The van der Waals surface area contributed by atoms with Crippen LogP contribution in [0.25, 0.3) is 0 Å². The molecule has 25 heavy (non-hydrogen) atoms. The Balaban J connectivity index is 1.64. The molecular weight excluding hydrogens is 318 g/mol. The quantitative estimate of drug-likeness (QED) is 0.877. The van der Waals surface area contributed by atoms with E-state index in [2.05, 4.69) is 15.6 Å². The third-order valence-corrected chi connectivity index (χ3v) is 4.19. The van der Waals surface area contributed by atoms with Crippen LogP contribution in [0.1, 0.15) is 29.6 Å². The summed E-state index contributed by atoms with van der Waals surface area (Å²) in [4.78, 5) is 28.5. The lowest BCUT2D eigenvalue weighted by atomic mass is 9.96. The zero-order valence-corrected chi connectivity index (χ0v) is 13.9. The van der Waals surface area contributed by atoms with Crippen molar-refractivity contribution >= 4 is 23.2 Å². The lowest BCUT2D eigenvalue weighted by Crippen LogP contribution is -2.23. The number of nitrogens with one attached hydrogen (secondary N) is 2. The smallest absolute Gasteiger partial charge is 0.257 e. The molecule has 0 radical (unpaired) electrons. The van der Waals surface area contributed by atoms with E-state index < -0.39 is 0 Å². The third kappa shape index (κ3) is 4.87. The van der Waals surface area contributed by atoms with Crippen LogP contribution in [0.2, 0.25) is 0 Å². The molecule has 6 nitrogen and oxygen atoms in total. The molecule has 0 saturated carbocycles. The molecule has 1 aromatic carbocycles. The zero-order valence-electron chi connectivity index (χ0n) is 13.9. The Labute approximate surface area is 146 Å². The van der Waals surface area contributed by atoms with Gasteiger partial charge in [-0.1, -0.05) is 12.1 Å². The normalized spacial score (nSPS) is 14.7. The molecule has 6 heteroatoms. The minimum Gasteiger partial charge on any atom is -0.381 e. The van der Waals surface area contributed by atoms with Crippen molar-refractivity contribution in [3.05, 3.63) is 54.4 Å². The van der Waals surface area contributed by atoms with Crippen molar-refractivity contribution in [2.75, 3.05) is 23.8 Å². The van der Waals surface area contributed by atoms with Crippen LogP contribution < -0.4 is 10.6 Å². The molecule has 1 fully saturated rings. The number of benzene rings is 1. The van der Waals surface area contributed by atoms with E-state index in [4.69, 9.17) is 4.74 Å². The van der Waals surface area contributed by atoms with Crippen molar-refractivity contribution in [1.29, 1.82) is 0 Å². The van der Waals surface area contributed by atoms with Gasteiger partial charge in [-0.25, -0.2) is 0 Å². The van der Waals surface area contributed by atoms with Gasteiger partial charge in [0.1, 0.15) is 0 Å². The maximum Gasteiger partial charge on any atom is 0.257 e. The molecule has 1 aromatic heterocycles. The average molecular weight is 339 g/mol. The highest BCUT2D eigenvalue weighted by atomic mass is 16.5. The number of hydrogen-bond donors (Lipinski definition) is 2. The highest BCUT2D eigenvalue weighted by Crippen LogP contribution is 2.24. The van der Waals surface area contributed by atoms with E-state index in [0.29, 0.717) is 29.3 Å². The first-order chi connectivity index (χ1) is 12.2. The van der Waals surface area contributed by atoms with Crippen molar-refractivity contribution in [3.8, 4) is 0 Å². The lowest BCUT2D eigenvalue weighted by molar-refractivity contribution is -0.117. The molecule has 2 amide bonds. The van der Waals surface area contributed by atoms with Crippen LogP contribution in [0.5, 0.6) is 0 Å². The molecular formula is C19H21N3O3. The number of carbonyl (C=O) groups is 2. The highest BCUT2D eigenvalue weighted by Gasteiger charge is 2.18. The molecule has 130 valence electrons. The molecule has 3 rings (SSSR count). The summed E-state index contributed by atoms with van der Waals surface area (Å²) in [6, 6.07) is 10.6. The molecule has 0 spiro atoms. The van der Waals surface area contributed by atoms with E-state index in [1.807, 2.05) is 12.1 Å². The van der Waals surface area contributed by atoms with Crippen molar-refractivity contribution in [1.82, 2.24) is 4.98 Å². The number of ether oxygens (including phenoxy) is 1. The summed E-state index contributed by atoms with van der Waals surface area (Å²) in [6.07, 6.45) is 5.40. The molecule has 0 bridgehead atoms. The van der Waals surface area contributed by atoms with Crippen LogP contribution in [0.4, 0.5) is 11.4 Å². The van der Waals surface area contributed by atoms with Crippen molar-refractivity contribution in [3.63, 3.8) is 0 Å². The molecule has 1 aliphatic rings. The fourth-order valence-electron chi connectivity index (χ4n) is 2.81. The molecule has 2 N–H and O–H groups in total. The Hall–Kier alpha value is -2.73. The topological polar surface area (TPSA) is 80.3 Å². The van der Waals surface area contributed by atoms with Gasteiger partial charge >= 0.3 is 0 Å². The van der Waals surface area contributed by atoms with Crippen LogP contribution in [0, 0.1) is 5.92 Å². The second kappa shape index (κ2) is 8.39. The molecule has 2 heterocycles. The van der Waals surface area contributed by atoms with Gasteiger partial charge in [0.2, 0.25) is 5.91 Å². The van der Waals surface area contributed by atoms with Gasteiger partial charge in [0.05, 0.1) is 16.9 Å². The van der Waals surface area contributed by atoms with Crippen molar-refractivity contribution < 1.29 is 14.3 Å². The van der Waals surface area contributed by atoms with Gasteiger partial charge in [-0.05, 0) is 43.0 Å². The first kappa shape index (κ1) is 17.1. The second-order valence-electron chi connectivity index (χ2n) is 6.05. The van der Waals surface area contributed by atoms with Crippen LogP contribution in [-0.4, -0.2) is 30.0 Å². The number of aromatic nitrogens is 1. The van der Waals surface area contributed by atoms with Crippen LogP contribution in [-0.2, 0) is 9.53 Å². The highest BCUT2D eigenvalue weighted by molar-refractivity contribution is 6.07. The summed E-state index contributed by atoms with van der Waals surface area (Å²) in [6.45, 7) is 1.44. The minimum atomic E-state index is -0.265. The monoisotopic (exact) mass is 339 g/mol. The van der Waals surface area contributed by atoms with Crippen LogP contribution in [0.15, 0.2) is 48.8 Å². The summed E-state index contributed by atoms with van der Waals surface area (Å²) >= 11 is 0. The zero-order chi connectivity index (χ0) is 17.5. The van der Waals surface area contributed by atoms with Gasteiger partial charge in [0.25, 0.3) is 5.91 Å². The molecule has 0 unspecified atom stereocenters. The number of pyridine rings is 1. The Kier molecular flexibility index (Phi) is 5.74. The predicted molar refractivity (Wildman–Crippen MR) is 95.4 cm³/mol. The number of nitrogens with zero attached hydrogens (tertiary/aromatic N) is 1. The first-order valence-electron chi connectivity index (χ1n) is 8.40. The first-order valence-corrected chi connectivity index (χ1v) is 8.40. The Morgan fingerprint density at radius 1 is 1.04 bits per heavy atom. The van der Waals surface area contributed by atoms with E-state index in [1.54, 1.807) is 30.5 Å². The van der Waals surface area contributed by atoms with Gasteiger partial charge in [-0.3, -0.25) is 14.6 Å². The van der Waals surface area contributed by atoms with Crippen molar-refractivity contribution in [2.45, 2.75) is 19.3 Å². The Morgan fingerprint density at radius 2 is 1.76 bits per heavy atom. The van der Waals surface area contributed by atoms with E-state index in [9.17, 15) is 9.59 Å². The number of rotatable bonds is 5. The van der Waals surface area contributed by atoms with E-state index in [-0.39, 0.29) is 11.8 Å². The van der Waals surface area contributed by atoms with Gasteiger partial charge < -0.3 is 15.4 Å². The number of para-hydroxylation sites is 2. The number of carbonyl (C=O) groups excluding carboxylic acids is 2. The summed E-state index contributed by atoms with van der Waals surface area (Å²) in [5.41, 5.74) is 1.62. The van der Waals surface area contributed by atoms with E-state index in [1.165, 1.54) is 6.20 Å². The SMILES string of the molecule is O=C(CC1CCOCC1)Nc1ccccc1NC(=O)c1cccnc1. The van der Waals surface area contributed by atoms with Gasteiger partial charge in [0.15, 0.2) is 0 Å². The van der Waals surface area contributed by atoms with Gasteiger partial charge in [-0.15, -0.1) is 0 Å².